The Morgan fingerprint density at radius 3 is 2.70 bits per heavy atom. The molecule has 6 rings (SSSR count). The largest absolute Gasteiger partial charge is 0.494 e. The Kier molecular flexibility index (Phi) is 9.84. The lowest BCUT2D eigenvalue weighted by atomic mass is 9.96. The number of esters is 1. The van der Waals surface area contributed by atoms with E-state index in [0.29, 0.717) is 38.7 Å². The fourth-order valence-electron chi connectivity index (χ4n) is 6.46. The van der Waals surface area contributed by atoms with Gasteiger partial charge < -0.3 is 23.5 Å². The minimum atomic E-state index is -1.29. The molecule has 0 bridgehead atoms. The molecule has 252 valence electrons. The molecule has 10 nitrogen and oxygen atoms in total. The second kappa shape index (κ2) is 13.9. The fraction of sp³-hybridized carbons (Fsp3) is 0.514. The standard InChI is InChI=1S/C35H46FN5O5Si/c1-7-22-17-31(43-2)26(36)18-25(22)23-11-12-24-29(16-23)41(32-10-8-9-13-46-32)39-33(24)34-38-27-19-28(35(42)44-3)37-20-30(27)40(34)21-45-14-15-47(4,5)6/h11-12,16-18,28,32,37H,7-10,13-15,19-21H2,1-6H3. The summed E-state index contributed by atoms with van der Waals surface area (Å²) in [6.07, 6.45) is 3.80. The number of carbonyl (C=O) groups is 1. The van der Waals surface area contributed by atoms with E-state index in [1.54, 1.807) is 12.1 Å². The first-order valence-corrected chi connectivity index (χ1v) is 20.3. The molecule has 1 saturated heterocycles. The minimum absolute atomic E-state index is 0.232. The Morgan fingerprint density at radius 1 is 1.17 bits per heavy atom. The first-order valence-electron chi connectivity index (χ1n) is 16.6. The van der Waals surface area contributed by atoms with Crippen molar-refractivity contribution in [3.8, 4) is 28.4 Å². The predicted molar refractivity (Wildman–Crippen MR) is 182 cm³/mol. The molecular weight excluding hydrogens is 617 g/mol. The van der Waals surface area contributed by atoms with Gasteiger partial charge in [-0.25, -0.2) is 14.1 Å². The van der Waals surface area contributed by atoms with Crippen LogP contribution in [0.5, 0.6) is 5.75 Å². The quantitative estimate of drug-likeness (QED) is 0.111. The maximum absolute atomic E-state index is 15.0. The van der Waals surface area contributed by atoms with Crippen molar-refractivity contribution < 1.29 is 28.1 Å². The summed E-state index contributed by atoms with van der Waals surface area (Å²) in [6, 6.07) is 10.1. The molecule has 0 amide bonds. The van der Waals surface area contributed by atoms with Crippen molar-refractivity contribution >= 4 is 24.9 Å². The Morgan fingerprint density at radius 2 is 2.00 bits per heavy atom. The number of aryl methyl sites for hydroxylation is 1. The highest BCUT2D eigenvalue weighted by Crippen LogP contribution is 2.38. The van der Waals surface area contributed by atoms with Crippen LogP contribution in [-0.2, 0) is 45.1 Å². The van der Waals surface area contributed by atoms with E-state index in [2.05, 4.69) is 42.5 Å². The lowest BCUT2D eigenvalue weighted by Gasteiger charge is -2.23. The number of carbonyl (C=O) groups excluding carboxylic acids is 1. The van der Waals surface area contributed by atoms with Gasteiger partial charge in [0.1, 0.15) is 18.5 Å². The highest BCUT2D eigenvalue weighted by atomic mass is 28.3. The van der Waals surface area contributed by atoms with E-state index in [1.165, 1.54) is 14.2 Å². The molecule has 0 radical (unpaired) electrons. The van der Waals surface area contributed by atoms with Crippen LogP contribution in [0.25, 0.3) is 33.5 Å². The number of imidazole rings is 1. The summed E-state index contributed by atoms with van der Waals surface area (Å²) in [5, 5.41) is 9.44. The maximum atomic E-state index is 15.0. The van der Waals surface area contributed by atoms with E-state index in [1.807, 2.05) is 16.8 Å². The van der Waals surface area contributed by atoms with Crippen molar-refractivity contribution in [2.75, 3.05) is 27.4 Å². The van der Waals surface area contributed by atoms with Crippen molar-refractivity contribution in [3.63, 3.8) is 0 Å². The molecule has 2 aromatic carbocycles. The van der Waals surface area contributed by atoms with Crippen molar-refractivity contribution in [1.82, 2.24) is 24.6 Å². The van der Waals surface area contributed by atoms with Crippen molar-refractivity contribution in [2.24, 2.45) is 0 Å². The van der Waals surface area contributed by atoms with Crippen LogP contribution in [0.3, 0.4) is 0 Å². The Labute approximate surface area is 276 Å². The van der Waals surface area contributed by atoms with E-state index in [-0.39, 0.29) is 17.9 Å². The molecule has 2 unspecified atom stereocenters. The number of benzene rings is 2. The number of fused-ring (bicyclic) bond motifs is 2. The van der Waals surface area contributed by atoms with Crippen LogP contribution < -0.4 is 10.1 Å². The average molecular weight is 664 g/mol. The van der Waals surface area contributed by atoms with Crippen LogP contribution in [0, 0.1) is 5.82 Å². The molecule has 12 heteroatoms. The van der Waals surface area contributed by atoms with E-state index in [4.69, 9.17) is 29.0 Å². The van der Waals surface area contributed by atoms with Crippen LogP contribution in [0.2, 0.25) is 25.7 Å². The van der Waals surface area contributed by atoms with Crippen LogP contribution >= 0.6 is 0 Å². The van der Waals surface area contributed by atoms with Gasteiger partial charge in [-0.05, 0) is 72.7 Å². The zero-order chi connectivity index (χ0) is 33.3. The van der Waals surface area contributed by atoms with Gasteiger partial charge in [-0.1, -0.05) is 32.6 Å². The second-order valence-electron chi connectivity index (χ2n) is 13.6. The van der Waals surface area contributed by atoms with Gasteiger partial charge in [-0.15, -0.1) is 0 Å². The first-order chi connectivity index (χ1) is 22.6. The molecule has 4 heterocycles. The third kappa shape index (κ3) is 6.87. The van der Waals surface area contributed by atoms with Gasteiger partial charge in [0.2, 0.25) is 0 Å². The molecule has 0 saturated carbocycles. The number of nitrogens with one attached hydrogen (secondary N) is 1. The van der Waals surface area contributed by atoms with E-state index < -0.39 is 19.9 Å². The molecular formula is C35H46FN5O5Si. The number of hydrogen-bond acceptors (Lipinski definition) is 8. The fourth-order valence-corrected chi connectivity index (χ4v) is 7.22. The third-order valence-electron chi connectivity index (χ3n) is 9.19. The number of methoxy groups -OCH3 is 2. The lowest BCUT2D eigenvalue weighted by molar-refractivity contribution is -0.143. The molecule has 47 heavy (non-hydrogen) atoms. The normalized spacial score (nSPS) is 18.4. The number of nitrogens with zero attached hydrogens (tertiary/aromatic N) is 4. The number of hydrogen-bond donors (Lipinski definition) is 1. The van der Waals surface area contributed by atoms with Crippen molar-refractivity contribution in [2.45, 2.75) is 90.3 Å². The number of halogens is 1. The highest BCUT2D eigenvalue weighted by Gasteiger charge is 2.32. The summed E-state index contributed by atoms with van der Waals surface area (Å²) < 4.78 is 41.9. The smallest absolute Gasteiger partial charge is 0.323 e. The molecule has 1 N–H and O–H groups in total. The summed E-state index contributed by atoms with van der Waals surface area (Å²) in [5.74, 6) is 0.218. The Bertz CT molecular complexity index is 1760. The summed E-state index contributed by atoms with van der Waals surface area (Å²) in [6.45, 7) is 11.2. The van der Waals surface area contributed by atoms with Gasteiger partial charge >= 0.3 is 5.97 Å². The summed E-state index contributed by atoms with van der Waals surface area (Å²) in [5.41, 5.74) is 6.12. The van der Waals surface area contributed by atoms with Crippen LogP contribution in [0.15, 0.2) is 30.3 Å². The van der Waals surface area contributed by atoms with Crippen LogP contribution in [0.1, 0.15) is 49.4 Å². The highest BCUT2D eigenvalue weighted by molar-refractivity contribution is 6.76. The topological polar surface area (TPSA) is 102 Å². The number of rotatable bonds is 11. The first kappa shape index (κ1) is 33.3. The van der Waals surface area contributed by atoms with Gasteiger partial charge in [0.15, 0.2) is 23.6 Å². The minimum Gasteiger partial charge on any atom is -0.494 e. The van der Waals surface area contributed by atoms with E-state index >= 15 is 0 Å². The summed E-state index contributed by atoms with van der Waals surface area (Å²) >= 11 is 0. The maximum Gasteiger partial charge on any atom is 0.323 e. The predicted octanol–water partition coefficient (Wildman–Crippen LogP) is 6.48. The van der Waals surface area contributed by atoms with Crippen molar-refractivity contribution in [3.05, 3.63) is 53.1 Å². The zero-order valence-corrected chi connectivity index (χ0v) is 29.3. The summed E-state index contributed by atoms with van der Waals surface area (Å²) in [4.78, 5) is 17.6. The Hall–Kier alpha value is -3.58. The molecule has 1 fully saturated rings. The molecule has 0 aliphatic carbocycles. The lowest BCUT2D eigenvalue weighted by Crippen LogP contribution is -2.43. The van der Waals surface area contributed by atoms with Gasteiger partial charge in [-0.3, -0.25) is 10.1 Å². The van der Waals surface area contributed by atoms with E-state index in [9.17, 15) is 9.18 Å². The third-order valence-corrected chi connectivity index (χ3v) is 10.9. The molecule has 2 atom stereocenters. The van der Waals surface area contributed by atoms with Gasteiger partial charge in [0, 0.05) is 39.6 Å². The SMILES string of the molecule is CCc1cc(OC)c(F)cc1-c1ccc2c(-c3nc4c(n3COCC[Si](C)(C)C)CNC(C(=O)OC)C4)nn(C3CCCCO3)c2c1. The van der Waals surface area contributed by atoms with Gasteiger partial charge in [0.05, 0.1) is 31.1 Å². The molecule has 2 aliphatic heterocycles. The molecule has 2 aliphatic rings. The average Bonchev–Trinajstić information content (AvgIpc) is 3.63. The number of aromatic nitrogens is 4. The Balaban J connectivity index is 1.48. The van der Waals surface area contributed by atoms with Crippen molar-refractivity contribution in [1.29, 1.82) is 0 Å². The van der Waals surface area contributed by atoms with Gasteiger partial charge in [-0.2, -0.15) is 5.10 Å². The molecule has 2 aromatic heterocycles. The molecule has 0 spiro atoms. The second-order valence-corrected chi connectivity index (χ2v) is 19.2. The van der Waals surface area contributed by atoms with Gasteiger partial charge in [0.25, 0.3) is 0 Å². The zero-order valence-electron chi connectivity index (χ0n) is 28.3. The van der Waals surface area contributed by atoms with Crippen LogP contribution in [0.4, 0.5) is 4.39 Å². The summed E-state index contributed by atoms with van der Waals surface area (Å²) in [7, 11) is 1.60. The monoisotopic (exact) mass is 663 g/mol. The van der Waals surface area contributed by atoms with E-state index in [0.717, 1.165) is 76.4 Å². The number of ether oxygens (including phenoxy) is 4. The molecule has 4 aromatic rings. The van der Waals surface area contributed by atoms with Crippen LogP contribution in [-0.4, -0.2) is 66.8 Å².